The van der Waals surface area contributed by atoms with Gasteiger partial charge in [-0.25, -0.2) is 27.2 Å². The molecule has 1 aromatic carbocycles. The quantitative estimate of drug-likeness (QED) is 0.822. The standard InChI is InChI=1S/C16H18F2N4O2S/c1-12-9-19-11-20-16(12)21-4-6-22(7-5-21)25(23,24)10-13-8-14(17)2-3-15(13)18/h2-3,8-9,11H,4-7,10H2,1H3. The number of benzene rings is 1. The zero-order valence-electron chi connectivity index (χ0n) is 13.7. The van der Waals surface area contributed by atoms with E-state index < -0.39 is 27.4 Å². The first-order chi connectivity index (χ1) is 11.9. The van der Waals surface area contributed by atoms with E-state index in [-0.39, 0.29) is 18.7 Å². The topological polar surface area (TPSA) is 66.4 Å². The molecule has 9 heteroatoms. The van der Waals surface area contributed by atoms with Crippen LogP contribution in [0.1, 0.15) is 11.1 Å². The van der Waals surface area contributed by atoms with Crippen LogP contribution in [-0.4, -0.2) is 48.9 Å². The van der Waals surface area contributed by atoms with Crippen molar-refractivity contribution >= 4 is 15.8 Å². The fraction of sp³-hybridized carbons (Fsp3) is 0.375. The maximum absolute atomic E-state index is 13.7. The first-order valence-corrected chi connectivity index (χ1v) is 9.41. The molecule has 1 saturated heterocycles. The summed E-state index contributed by atoms with van der Waals surface area (Å²) >= 11 is 0. The molecule has 0 bridgehead atoms. The minimum absolute atomic E-state index is 0.158. The second-order valence-electron chi connectivity index (χ2n) is 5.91. The van der Waals surface area contributed by atoms with Gasteiger partial charge in [0.05, 0.1) is 5.75 Å². The molecule has 2 aromatic rings. The third-order valence-corrected chi connectivity index (χ3v) is 5.97. The van der Waals surface area contributed by atoms with E-state index >= 15 is 0 Å². The van der Waals surface area contributed by atoms with E-state index in [2.05, 4.69) is 9.97 Å². The van der Waals surface area contributed by atoms with Crippen molar-refractivity contribution in [3.05, 3.63) is 53.5 Å². The Morgan fingerprint density at radius 1 is 1.16 bits per heavy atom. The zero-order valence-corrected chi connectivity index (χ0v) is 14.5. The number of rotatable bonds is 4. The van der Waals surface area contributed by atoms with Crippen molar-refractivity contribution in [2.75, 3.05) is 31.1 Å². The number of nitrogens with zero attached hydrogens (tertiary/aromatic N) is 4. The Kier molecular flexibility index (Phi) is 4.96. The van der Waals surface area contributed by atoms with Crippen LogP contribution in [0.3, 0.4) is 0 Å². The van der Waals surface area contributed by atoms with Crippen molar-refractivity contribution in [2.45, 2.75) is 12.7 Å². The number of sulfonamides is 1. The minimum atomic E-state index is -3.72. The van der Waals surface area contributed by atoms with Crippen molar-refractivity contribution in [2.24, 2.45) is 0 Å². The van der Waals surface area contributed by atoms with E-state index in [9.17, 15) is 17.2 Å². The Labute approximate surface area is 145 Å². The molecule has 134 valence electrons. The zero-order chi connectivity index (χ0) is 18.0. The van der Waals surface area contributed by atoms with Gasteiger partial charge in [0.1, 0.15) is 23.8 Å². The molecule has 6 nitrogen and oxygen atoms in total. The summed E-state index contributed by atoms with van der Waals surface area (Å²) < 4.78 is 53.3. The molecule has 0 atom stereocenters. The maximum Gasteiger partial charge on any atom is 0.218 e. The Morgan fingerprint density at radius 2 is 1.88 bits per heavy atom. The second-order valence-corrected chi connectivity index (χ2v) is 7.88. The fourth-order valence-corrected chi connectivity index (χ4v) is 4.36. The highest BCUT2D eigenvalue weighted by Crippen LogP contribution is 2.20. The SMILES string of the molecule is Cc1cncnc1N1CCN(S(=O)(=O)Cc2cc(F)ccc2F)CC1. The van der Waals surface area contributed by atoms with Crippen LogP contribution >= 0.6 is 0 Å². The maximum atomic E-state index is 13.7. The number of aryl methyl sites for hydroxylation is 1. The third kappa shape index (κ3) is 3.93. The highest BCUT2D eigenvalue weighted by atomic mass is 32.2. The van der Waals surface area contributed by atoms with Gasteiger partial charge in [0.15, 0.2) is 0 Å². The summed E-state index contributed by atoms with van der Waals surface area (Å²) in [5.74, 6) is -1.15. The van der Waals surface area contributed by atoms with Crippen LogP contribution in [0.25, 0.3) is 0 Å². The molecular weight excluding hydrogens is 350 g/mol. The van der Waals surface area contributed by atoms with Crippen LogP contribution in [0.5, 0.6) is 0 Å². The summed E-state index contributed by atoms with van der Waals surface area (Å²) in [6.45, 7) is 3.38. The Bertz CT molecular complexity index is 868. The van der Waals surface area contributed by atoms with Gasteiger partial charge in [-0.1, -0.05) is 0 Å². The van der Waals surface area contributed by atoms with Gasteiger partial charge in [0.25, 0.3) is 0 Å². The average Bonchev–Trinajstić information content (AvgIpc) is 2.58. The van der Waals surface area contributed by atoms with Crippen molar-refractivity contribution in [1.29, 1.82) is 0 Å². The number of anilines is 1. The molecule has 0 unspecified atom stereocenters. The predicted molar refractivity (Wildman–Crippen MR) is 89.5 cm³/mol. The fourth-order valence-electron chi connectivity index (χ4n) is 2.84. The van der Waals surface area contributed by atoms with Crippen LogP contribution in [0.2, 0.25) is 0 Å². The third-order valence-electron chi connectivity index (χ3n) is 4.14. The summed E-state index contributed by atoms with van der Waals surface area (Å²) in [6.07, 6.45) is 3.16. The minimum Gasteiger partial charge on any atom is -0.354 e. The summed E-state index contributed by atoms with van der Waals surface area (Å²) in [7, 11) is -3.72. The largest absolute Gasteiger partial charge is 0.354 e. The summed E-state index contributed by atoms with van der Waals surface area (Å²) in [5.41, 5.74) is 0.759. The number of piperazine rings is 1. The molecule has 0 aliphatic carbocycles. The monoisotopic (exact) mass is 368 g/mol. The second kappa shape index (κ2) is 7.01. The molecule has 1 aliphatic rings. The van der Waals surface area contributed by atoms with Gasteiger partial charge < -0.3 is 4.90 Å². The van der Waals surface area contributed by atoms with Gasteiger partial charge in [-0.05, 0) is 25.1 Å². The smallest absolute Gasteiger partial charge is 0.218 e. The van der Waals surface area contributed by atoms with Crippen molar-refractivity contribution in [3.63, 3.8) is 0 Å². The van der Waals surface area contributed by atoms with E-state index in [1.165, 1.54) is 10.6 Å². The summed E-state index contributed by atoms with van der Waals surface area (Å²) in [5, 5.41) is 0. The molecule has 0 amide bonds. The van der Waals surface area contributed by atoms with Crippen molar-refractivity contribution in [1.82, 2.24) is 14.3 Å². The molecule has 1 aliphatic heterocycles. The summed E-state index contributed by atoms with van der Waals surface area (Å²) in [6, 6.07) is 2.83. The number of aromatic nitrogens is 2. The normalized spacial score (nSPS) is 16.2. The molecular formula is C16H18F2N4O2S. The molecule has 0 saturated carbocycles. The molecule has 1 aromatic heterocycles. The van der Waals surface area contributed by atoms with Gasteiger partial charge in [-0.2, -0.15) is 4.31 Å². The van der Waals surface area contributed by atoms with Crippen LogP contribution in [0, 0.1) is 18.6 Å². The highest BCUT2D eigenvalue weighted by Gasteiger charge is 2.29. The lowest BCUT2D eigenvalue weighted by atomic mass is 10.2. The van der Waals surface area contributed by atoms with Crippen LogP contribution in [-0.2, 0) is 15.8 Å². The lowest BCUT2D eigenvalue weighted by Gasteiger charge is -2.35. The van der Waals surface area contributed by atoms with Crippen molar-refractivity contribution in [3.8, 4) is 0 Å². The molecule has 25 heavy (non-hydrogen) atoms. The van der Waals surface area contributed by atoms with Crippen LogP contribution in [0.4, 0.5) is 14.6 Å². The number of halogens is 2. The Balaban J connectivity index is 1.69. The average molecular weight is 368 g/mol. The molecule has 0 N–H and O–H groups in total. The van der Waals surface area contributed by atoms with Gasteiger partial charge in [-0.3, -0.25) is 0 Å². The lowest BCUT2D eigenvalue weighted by molar-refractivity contribution is 0.382. The first kappa shape index (κ1) is 17.7. The van der Waals surface area contributed by atoms with Gasteiger partial charge in [0.2, 0.25) is 10.0 Å². The summed E-state index contributed by atoms with van der Waals surface area (Å²) in [4.78, 5) is 10.2. The van der Waals surface area contributed by atoms with Crippen LogP contribution in [0.15, 0.2) is 30.7 Å². The van der Waals surface area contributed by atoms with E-state index in [4.69, 9.17) is 0 Å². The lowest BCUT2D eigenvalue weighted by Crippen LogP contribution is -2.49. The van der Waals surface area contributed by atoms with Crippen LogP contribution < -0.4 is 4.90 Å². The Morgan fingerprint density at radius 3 is 2.56 bits per heavy atom. The van der Waals surface area contributed by atoms with E-state index in [1.807, 2.05) is 11.8 Å². The molecule has 1 fully saturated rings. The first-order valence-electron chi connectivity index (χ1n) is 7.80. The molecule has 2 heterocycles. The molecule has 0 spiro atoms. The predicted octanol–water partition coefficient (Wildman–Crippen LogP) is 1.72. The number of hydrogen-bond acceptors (Lipinski definition) is 5. The molecule has 3 rings (SSSR count). The highest BCUT2D eigenvalue weighted by molar-refractivity contribution is 7.88. The molecule has 0 radical (unpaired) electrons. The van der Waals surface area contributed by atoms with E-state index in [0.29, 0.717) is 13.1 Å². The van der Waals surface area contributed by atoms with E-state index in [1.54, 1.807) is 6.20 Å². The van der Waals surface area contributed by atoms with Crippen molar-refractivity contribution < 1.29 is 17.2 Å². The van der Waals surface area contributed by atoms with Gasteiger partial charge in [0, 0.05) is 43.5 Å². The van der Waals surface area contributed by atoms with E-state index in [0.717, 1.165) is 29.6 Å². The Hall–Kier alpha value is -2.13. The van der Waals surface area contributed by atoms with Gasteiger partial charge >= 0.3 is 0 Å². The number of hydrogen-bond donors (Lipinski definition) is 0. The van der Waals surface area contributed by atoms with Gasteiger partial charge in [-0.15, -0.1) is 0 Å².